The highest BCUT2D eigenvalue weighted by molar-refractivity contribution is 5.63. The lowest BCUT2D eigenvalue weighted by Crippen LogP contribution is -2.06. The van der Waals surface area contributed by atoms with E-state index in [1.165, 1.54) is 12.1 Å². The molecule has 0 fully saturated rings. The number of nitrogens with one attached hydrogen (secondary N) is 1. The average molecular weight is 224 g/mol. The number of hydrogen-bond acceptors (Lipinski definition) is 4. The van der Waals surface area contributed by atoms with Crippen molar-refractivity contribution in [3.63, 3.8) is 0 Å². The maximum absolute atomic E-state index is 10.7. The number of phenols is 1. The Morgan fingerprint density at radius 2 is 2.19 bits per heavy atom. The number of aromatic hydroxyl groups is 1. The molecule has 1 aromatic carbocycles. The van der Waals surface area contributed by atoms with Crippen LogP contribution in [0.4, 0.5) is 11.4 Å². The van der Waals surface area contributed by atoms with Crippen molar-refractivity contribution in [2.75, 3.05) is 11.9 Å². The number of phenolic OH excluding ortho intramolecular Hbond substituents is 1. The van der Waals surface area contributed by atoms with Crippen LogP contribution in [-0.2, 0) is 0 Å². The van der Waals surface area contributed by atoms with Crippen molar-refractivity contribution >= 4 is 11.4 Å². The molecule has 0 unspecified atom stereocenters. The van der Waals surface area contributed by atoms with E-state index < -0.39 is 4.92 Å². The topological polar surface area (TPSA) is 75.4 Å². The Morgan fingerprint density at radius 1 is 1.50 bits per heavy atom. The first-order valence-electron chi connectivity index (χ1n) is 5.22. The molecule has 16 heavy (non-hydrogen) atoms. The third kappa shape index (κ3) is 3.42. The molecule has 0 amide bonds. The zero-order chi connectivity index (χ0) is 12.1. The molecule has 0 aliphatic rings. The molecule has 0 aliphatic carbocycles. The zero-order valence-electron chi connectivity index (χ0n) is 9.43. The standard InChI is InChI=1S/C11H16N2O3/c1-8(2)5-6-12-10-4-3-9(14)7-11(10)13(15)16/h3-4,7-8,12,14H,5-6H2,1-2H3. The SMILES string of the molecule is CC(C)CCNc1ccc(O)cc1[N+](=O)[O-]. The highest BCUT2D eigenvalue weighted by atomic mass is 16.6. The van der Waals surface area contributed by atoms with Crippen molar-refractivity contribution in [3.8, 4) is 5.75 Å². The van der Waals surface area contributed by atoms with Gasteiger partial charge in [-0.15, -0.1) is 0 Å². The molecule has 0 aliphatic heterocycles. The van der Waals surface area contributed by atoms with E-state index in [0.717, 1.165) is 12.5 Å². The summed E-state index contributed by atoms with van der Waals surface area (Å²) in [6.07, 6.45) is 0.942. The van der Waals surface area contributed by atoms with Crippen LogP contribution in [-0.4, -0.2) is 16.6 Å². The van der Waals surface area contributed by atoms with Crippen LogP contribution in [0.15, 0.2) is 18.2 Å². The quantitative estimate of drug-likeness (QED) is 0.458. The first-order valence-corrected chi connectivity index (χ1v) is 5.22. The second-order valence-electron chi connectivity index (χ2n) is 4.07. The minimum Gasteiger partial charge on any atom is -0.508 e. The number of hydrogen-bond donors (Lipinski definition) is 2. The fraction of sp³-hybridized carbons (Fsp3) is 0.455. The molecule has 0 atom stereocenters. The monoisotopic (exact) mass is 224 g/mol. The molecule has 1 rings (SSSR count). The van der Waals surface area contributed by atoms with Gasteiger partial charge in [0.05, 0.1) is 11.0 Å². The summed E-state index contributed by atoms with van der Waals surface area (Å²) in [5.74, 6) is 0.449. The molecule has 5 nitrogen and oxygen atoms in total. The van der Waals surface area contributed by atoms with E-state index in [4.69, 9.17) is 5.11 Å². The summed E-state index contributed by atoms with van der Waals surface area (Å²) in [6.45, 7) is 4.86. The molecule has 2 N–H and O–H groups in total. The fourth-order valence-electron chi connectivity index (χ4n) is 1.32. The van der Waals surface area contributed by atoms with E-state index in [-0.39, 0.29) is 11.4 Å². The van der Waals surface area contributed by atoms with Crippen molar-refractivity contribution in [2.45, 2.75) is 20.3 Å². The van der Waals surface area contributed by atoms with E-state index >= 15 is 0 Å². The Bertz CT molecular complexity index is 377. The van der Waals surface area contributed by atoms with E-state index in [0.29, 0.717) is 18.2 Å². The van der Waals surface area contributed by atoms with Crippen LogP contribution in [0, 0.1) is 16.0 Å². The van der Waals surface area contributed by atoms with Crippen LogP contribution in [0.3, 0.4) is 0 Å². The molecule has 1 aromatic rings. The van der Waals surface area contributed by atoms with Gasteiger partial charge in [-0.25, -0.2) is 0 Å². The molecule has 0 radical (unpaired) electrons. The van der Waals surface area contributed by atoms with Gasteiger partial charge in [-0.05, 0) is 24.5 Å². The number of rotatable bonds is 5. The fourth-order valence-corrected chi connectivity index (χ4v) is 1.32. The van der Waals surface area contributed by atoms with Crippen molar-refractivity contribution in [3.05, 3.63) is 28.3 Å². The molecule has 0 heterocycles. The third-order valence-corrected chi connectivity index (χ3v) is 2.22. The number of nitro benzene ring substituents is 1. The van der Waals surface area contributed by atoms with Gasteiger partial charge in [0.1, 0.15) is 11.4 Å². The van der Waals surface area contributed by atoms with Crippen LogP contribution in [0.1, 0.15) is 20.3 Å². The molecule has 5 heteroatoms. The minimum atomic E-state index is -0.503. The maximum atomic E-state index is 10.7. The number of nitro groups is 1. The van der Waals surface area contributed by atoms with E-state index in [9.17, 15) is 10.1 Å². The molecule has 0 aromatic heterocycles. The van der Waals surface area contributed by atoms with Crippen LogP contribution in [0.5, 0.6) is 5.75 Å². The average Bonchev–Trinajstić information content (AvgIpc) is 2.19. The highest BCUT2D eigenvalue weighted by Crippen LogP contribution is 2.28. The Balaban J connectivity index is 2.75. The Hall–Kier alpha value is -1.78. The van der Waals surface area contributed by atoms with Crippen LogP contribution < -0.4 is 5.32 Å². The summed E-state index contributed by atoms with van der Waals surface area (Å²) in [7, 11) is 0. The summed E-state index contributed by atoms with van der Waals surface area (Å²) in [6, 6.07) is 4.11. The predicted octanol–water partition coefficient (Wildman–Crippen LogP) is 2.76. The van der Waals surface area contributed by atoms with Crippen molar-refractivity contribution in [1.82, 2.24) is 0 Å². The lowest BCUT2D eigenvalue weighted by atomic mass is 10.1. The lowest BCUT2D eigenvalue weighted by molar-refractivity contribution is -0.384. The second kappa shape index (κ2) is 5.34. The highest BCUT2D eigenvalue weighted by Gasteiger charge is 2.13. The van der Waals surface area contributed by atoms with Gasteiger partial charge in [0.2, 0.25) is 0 Å². The summed E-state index contributed by atoms with van der Waals surface area (Å²) in [5.41, 5.74) is 0.354. The normalized spacial score (nSPS) is 10.4. The van der Waals surface area contributed by atoms with E-state index in [2.05, 4.69) is 19.2 Å². The van der Waals surface area contributed by atoms with E-state index in [1.807, 2.05) is 0 Å². The Labute approximate surface area is 94.3 Å². The van der Waals surface area contributed by atoms with Gasteiger partial charge in [0, 0.05) is 6.54 Å². The largest absolute Gasteiger partial charge is 0.508 e. The van der Waals surface area contributed by atoms with Crippen molar-refractivity contribution in [2.24, 2.45) is 5.92 Å². The maximum Gasteiger partial charge on any atom is 0.296 e. The van der Waals surface area contributed by atoms with Crippen LogP contribution in [0.25, 0.3) is 0 Å². The van der Waals surface area contributed by atoms with Gasteiger partial charge in [-0.1, -0.05) is 13.8 Å². The predicted molar refractivity (Wildman–Crippen MR) is 62.7 cm³/mol. The smallest absolute Gasteiger partial charge is 0.296 e. The van der Waals surface area contributed by atoms with Gasteiger partial charge in [0.15, 0.2) is 0 Å². The van der Waals surface area contributed by atoms with Gasteiger partial charge in [-0.3, -0.25) is 10.1 Å². The number of nitrogens with zero attached hydrogens (tertiary/aromatic N) is 1. The summed E-state index contributed by atoms with van der Waals surface area (Å²) in [4.78, 5) is 10.2. The summed E-state index contributed by atoms with van der Waals surface area (Å²) in [5, 5.41) is 22.9. The molecule has 0 spiro atoms. The Kier molecular flexibility index (Phi) is 4.10. The van der Waals surface area contributed by atoms with Gasteiger partial charge in [0.25, 0.3) is 5.69 Å². The molecule has 0 saturated heterocycles. The number of benzene rings is 1. The first kappa shape index (κ1) is 12.3. The minimum absolute atomic E-state index is 0.0937. The van der Waals surface area contributed by atoms with Crippen molar-refractivity contribution in [1.29, 1.82) is 0 Å². The van der Waals surface area contributed by atoms with Gasteiger partial charge < -0.3 is 10.4 Å². The lowest BCUT2D eigenvalue weighted by Gasteiger charge is -2.08. The van der Waals surface area contributed by atoms with Crippen molar-refractivity contribution < 1.29 is 10.0 Å². The molecular formula is C11H16N2O3. The first-order chi connectivity index (χ1) is 7.50. The summed E-state index contributed by atoms with van der Waals surface area (Å²) >= 11 is 0. The Morgan fingerprint density at radius 3 is 2.75 bits per heavy atom. The van der Waals surface area contributed by atoms with E-state index in [1.54, 1.807) is 0 Å². The third-order valence-electron chi connectivity index (χ3n) is 2.22. The summed E-state index contributed by atoms with van der Waals surface area (Å²) < 4.78 is 0. The second-order valence-corrected chi connectivity index (χ2v) is 4.07. The van der Waals surface area contributed by atoms with Crippen LogP contribution >= 0.6 is 0 Å². The van der Waals surface area contributed by atoms with Gasteiger partial charge in [-0.2, -0.15) is 0 Å². The van der Waals surface area contributed by atoms with Gasteiger partial charge >= 0.3 is 0 Å². The zero-order valence-corrected chi connectivity index (χ0v) is 9.43. The van der Waals surface area contributed by atoms with Crippen LogP contribution in [0.2, 0.25) is 0 Å². The molecule has 0 bridgehead atoms. The molecule has 0 saturated carbocycles. The molecular weight excluding hydrogens is 208 g/mol. The molecule has 88 valence electrons. The number of anilines is 1.